The average molecular weight is 353 g/mol. The Morgan fingerprint density at radius 3 is 2.50 bits per heavy atom. The summed E-state index contributed by atoms with van der Waals surface area (Å²) >= 11 is 0. The zero-order chi connectivity index (χ0) is 18.3. The van der Waals surface area contributed by atoms with E-state index < -0.39 is 0 Å². The lowest BCUT2D eigenvalue weighted by Crippen LogP contribution is -2.37. The van der Waals surface area contributed by atoms with Gasteiger partial charge in [0.1, 0.15) is 11.5 Å². The van der Waals surface area contributed by atoms with Crippen molar-refractivity contribution in [2.45, 2.75) is 39.2 Å². The normalized spacial score (nSPS) is 15.4. The van der Waals surface area contributed by atoms with Crippen LogP contribution in [-0.2, 0) is 25.8 Å². The zero-order valence-electron chi connectivity index (χ0n) is 15.5. The summed E-state index contributed by atoms with van der Waals surface area (Å²) in [5, 5.41) is 0. The first-order valence-corrected chi connectivity index (χ1v) is 9.00. The highest BCUT2D eigenvalue weighted by Crippen LogP contribution is 2.34. The Morgan fingerprint density at radius 2 is 1.77 bits per heavy atom. The van der Waals surface area contributed by atoms with Gasteiger partial charge in [0.25, 0.3) is 5.91 Å². The van der Waals surface area contributed by atoms with E-state index in [1.165, 1.54) is 5.56 Å². The Balaban J connectivity index is 1.64. The smallest absolute Gasteiger partial charge is 0.273 e. The van der Waals surface area contributed by atoms with E-state index in [1.807, 2.05) is 24.0 Å². The molecule has 26 heavy (non-hydrogen) atoms. The average Bonchev–Trinajstić information content (AvgIpc) is 3.13. The molecule has 0 fully saturated rings. The summed E-state index contributed by atoms with van der Waals surface area (Å²) in [7, 11) is 3.27. The summed E-state index contributed by atoms with van der Waals surface area (Å²) in [6.07, 6.45) is 3.69. The maximum atomic E-state index is 13.2. The number of carbonyl (C=O) groups is 1. The molecule has 2 heterocycles. The van der Waals surface area contributed by atoms with Gasteiger partial charge in [-0.15, -0.1) is 0 Å². The largest absolute Gasteiger partial charge is 0.493 e. The molecule has 2 aliphatic rings. The lowest BCUT2D eigenvalue weighted by Gasteiger charge is -2.30. The topological polar surface area (TPSA) is 64.6 Å². The molecule has 6 nitrogen and oxygen atoms in total. The van der Waals surface area contributed by atoms with Gasteiger partial charge in [-0.2, -0.15) is 0 Å². The maximum Gasteiger partial charge on any atom is 0.273 e. The minimum atomic E-state index is 0.00841. The molecule has 0 atom stereocenters. The third-order valence-electron chi connectivity index (χ3n) is 5.25. The number of benzene rings is 1. The van der Waals surface area contributed by atoms with E-state index in [1.54, 1.807) is 14.2 Å². The van der Waals surface area contributed by atoms with Crippen LogP contribution in [0, 0.1) is 6.92 Å². The second-order valence-electron chi connectivity index (χ2n) is 6.85. The molecule has 0 bridgehead atoms. The van der Waals surface area contributed by atoms with Crippen LogP contribution in [0.1, 0.15) is 45.1 Å². The van der Waals surface area contributed by atoms with Gasteiger partial charge in [0.15, 0.2) is 11.5 Å². The number of amides is 1. The monoisotopic (exact) mass is 353 g/mol. The van der Waals surface area contributed by atoms with Crippen molar-refractivity contribution in [2.24, 2.45) is 0 Å². The minimum absolute atomic E-state index is 0.00841. The molecular formula is C20H23N3O3. The molecule has 0 saturated heterocycles. The van der Waals surface area contributed by atoms with Crippen molar-refractivity contribution in [3.8, 4) is 11.5 Å². The molecule has 0 saturated carbocycles. The number of aromatic nitrogens is 2. The van der Waals surface area contributed by atoms with Crippen LogP contribution in [0.4, 0.5) is 0 Å². The second kappa shape index (κ2) is 6.59. The maximum absolute atomic E-state index is 13.2. The van der Waals surface area contributed by atoms with Gasteiger partial charge < -0.3 is 14.4 Å². The van der Waals surface area contributed by atoms with Gasteiger partial charge in [0, 0.05) is 24.3 Å². The fourth-order valence-corrected chi connectivity index (χ4v) is 3.94. The number of hydrogen-bond acceptors (Lipinski definition) is 5. The van der Waals surface area contributed by atoms with Crippen molar-refractivity contribution in [1.82, 2.24) is 14.9 Å². The van der Waals surface area contributed by atoms with E-state index in [-0.39, 0.29) is 5.91 Å². The van der Waals surface area contributed by atoms with E-state index in [0.29, 0.717) is 30.4 Å². The van der Waals surface area contributed by atoms with Crippen LogP contribution in [0.5, 0.6) is 11.5 Å². The standard InChI is InChI=1S/C20H23N3O3/c1-12-21-16-6-4-5-15(16)19(22-12)20(24)23-8-7-13-9-17(25-2)18(26-3)10-14(13)11-23/h9-10H,4-8,11H2,1-3H3. The van der Waals surface area contributed by atoms with Gasteiger partial charge >= 0.3 is 0 Å². The number of fused-ring (bicyclic) bond motifs is 2. The van der Waals surface area contributed by atoms with Gasteiger partial charge in [0.05, 0.1) is 14.2 Å². The third-order valence-corrected chi connectivity index (χ3v) is 5.25. The number of ether oxygens (including phenoxy) is 2. The molecule has 1 aromatic carbocycles. The predicted octanol–water partition coefficient (Wildman–Crippen LogP) is 2.49. The summed E-state index contributed by atoms with van der Waals surface area (Å²) in [4.78, 5) is 24.1. The Labute approximate surface area is 153 Å². The molecule has 1 aromatic heterocycles. The Morgan fingerprint density at radius 1 is 1.04 bits per heavy atom. The summed E-state index contributed by atoms with van der Waals surface area (Å²) in [5.74, 6) is 2.11. The van der Waals surface area contributed by atoms with E-state index in [4.69, 9.17) is 9.47 Å². The number of carbonyl (C=O) groups excluding carboxylic acids is 1. The lowest BCUT2D eigenvalue weighted by atomic mass is 9.98. The van der Waals surface area contributed by atoms with Crippen molar-refractivity contribution in [2.75, 3.05) is 20.8 Å². The number of aryl methyl sites for hydroxylation is 2. The van der Waals surface area contributed by atoms with E-state index in [2.05, 4.69) is 9.97 Å². The molecule has 0 unspecified atom stereocenters. The molecule has 2 aromatic rings. The summed E-state index contributed by atoms with van der Waals surface area (Å²) < 4.78 is 10.8. The van der Waals surface area contributed by atoms with Crippen LogP contribution in [0.25, 0.3) is 0 Å². The molecule has 6 heteroatoms. The fourth-order valence-electron chi connectivity index (χ4n) is 3.94. The molecule has 1 aliphatic carbocycles. The Kier molecular flexibility index (Phi) is 4.26. The van der Waals surface area contributed by atoms with Crippen LogP contribution in [0.15, 0.2) is 12.1 Å². The molecular weight excluding hydrogens is 330 g/mol. The van der Waals surface area contributed by atoms with Crippen molar-refractivity contribution < 1.29 is 14.3 Å². The second-order valence-corrected chi connectivity index (χ2v) is 6.85. The van der Waals surface area contributed by atoms with Gasteiger partial charge in [-0.25, -0.2) is 9.97 Å². The highest BCUT2D eigenvalue weighted by atomic mass is 16.5. The molecule has 1 amide bonds. The van der Waals surface area contributed by atoms with E-state index in [0.717, 1.165) is 48.3 Å². The quantitative estimate of drug-likeness (QED) is 0.848. The summed E-state index contributed by atoms with van der Waals surface area (Å²) in [6, 6.07) is 3.99. The molecule has 0 N–H and O–H groups in total. The SMILES string of the molecule is COc1cc2c(cc1OC)CN(C(=O)c1nc(C)nc3c1CCC3)CC2. The van der Waals surface area contributed by atoms with Crippen molar-refractivity contribution >= 4 is 5.91 Å². The number of hydrogen-bond donors (Lipinski definition) is 0. The van der Waals surface area contributed by atoms with E-state index >= 15 is 0 Å². The summed E-state index contributed by atoms with van der Waals surface area (Å²) in [6.45, 7) is 3.10. The highest BCUT2D eigenvalue weighted by Gasteiger charge is 2.29. The van der Waals surface area contributed by atoms with Gasteiger partial charge in [-0.05, 0) is 55.9 Å². The van der Waals surface area contributed by atoms with Crippen LogP contribution < -0.4 is 9.47 Å². The van der Waals surface area contributed by atoms with Crippen LogP contribution in [0.3, 0.4) is 0 Å². The number of nitrogens with zero attached hydrogens (tertiary/aromatic N) is 3. The Hall–Kier alpha value is -2.63. The minimum Gasteiger partial charge on any atom is -0.493 e. The first kappa shape index (κ1) is 16.8. The van der Waals surface area contributed by atoms with Crippen molar-refractivity contribution in [1.29, 1.82) is 0 Å². The van der Waals surface area contributed by atoms with E-state index in [9.17, 15) is 4.79 Å². The summed E-state index contributed by atoms with van der Waals surface area (Å²) in [5.41, 5.74) is 4.98. The molecule has 0 spiro atoms. The van der Waals surface area contributed by atoms with Gasteiger partial charge in [-0.1, -0.05) is 0 Å². The first-order valence-electron chi connectivity index (χ1n) is 9.00. The highest BCUT2D eigenvalue weighted by molar-refractivity contribution is 5.94. The Bertz CT molecular complexity index is 879. The molecule has 4 rings (SSSR count). The zero-order valence-corrected chi connectivity index (χ0v) is 15.5. The number of methoxy groups -OCH3 is 2. The molecule has 0 radical (unpaired) electrons. The van der Waals surface area contributed by atoms with Gasteiger partial charge in [0.2, 0.25) is 0 Å². The van der Waals surface area contributed by atoms with Crippen molar-refractivity contribution in [3.05, 3.63) is 46.0 Å². The first-order chi connectivity index (χ1) is 12.6. The number of rotatable bonds is 3. The van der Waals surface area contributed by atoms with Crippen LogP contribution >= 0.6 is 0 Å². The van der Waals surface area contributed by atoms with Crippen LogP contribution in [0.2, 0.25) is 0 Å². The molecule has 1 aliphatic heterocycles. The van der Waals surface area contributed by atoms with Gasteiger partial charge in [-0.3, -0.25) is 4.79 Å². The third kappa shape index (κ3) is 2.79. The fraction of sp³-hybridized carbons (Fsp3) is 0.450. The predicted molar refractivity (Wildman–Crippen MR) is 96.8 cm³/mol. The van der Waals surface area contributed by atoms with Crippen molar-refractivity contribution in [3.63, 3.8) is 0 Å². The lowest BCUT2D eigenvalue weighted by molar-refractivity contribution is 0.0726. The molecule has 136 valence electrons. The van der Waals surface area contributed by atoms with Crippen LogP contribution in [-0.4, -0.2) is 41.5 Å².